The molecule has 0 bridgehead atoms. The molecular weight excluding hydrogens is 248 g/mol. The Kier molecular flexibility index (Phi) is 3.57. The minimum absolute atomic E-state index is 0.0913. The second-order valence-corrected chi connectivity index (χ2v) is 5.06. The number of aromatic amines is 1. The molecule has 19 heavy (non-hydrogen) atoms. The van der Waals surface area contributed by atoms with Crippen LogP contribution in [0.2, 0.25) is 0 Å². The van der Waals surface area contributed by atoms with E-state index in [-0.39, 0.29) is 11.4 Å². The Morgan fingerprint density at radius 3 is 2.58 bits per heavy atom. The molecule has 1 aliphatic rings. The summed E-state index contributed by atoms with van der Waals surface area (Å²) in [6.07, 6.45) is 3.60. The Morgan fingerprint density at radius 2 is 2.11 bits per heavy atom. The Labute approximate surface area is 110 Å². The van der Waals surface area contributed by atoms with Gasteiger partial charge in [-0.3, -0.25) is 9.59 Å². The molecule has 1 amide bonds. The lowest BCUT2D eigenvalue weighted by atomic mass is 9.68. The highest BCUT2D eigenvalue weighted by Gasteiger charge is 2.46. The van der Waals surface area contributed by atoms with E-state index in [1.807, 2.05) is 0 Å². The van der Waals surface area contributed by atoms with Crippen LogP contribution in [-0.2, 0) is 10.2 Å². The molecule has 0 spiro atoms. The van der Waals surface area contributed by atoms with Crippen LogP contribution in [0.3, 0.4) is 0 Å². The molecule has 0 aliphatic heterocycles. The number of nitrogens with two attached hydrogens (primary N) is 2. The normalized spacial score (nSPS) is 27.1. The van der Waals surface area contributed by atoms with E-state index in [1.54, 1.807) is 0 Å². The van der Waals surface area contributed by atoms with Gasteiger partial charge in [0.1, 0.15) is 11.1 Å². The third-order valence-electron chi connectivity index (χ3n) is 4.04. The standard InChI is InChI=1S/C12H18N4O3/c13-5-7-1-3-12(4-2-7,11(18)19)9-8(10(14)17)15-6-16-9/h6-7H,1-5,13H2,(H2,14,17)(H,15,16)(H,18,19). The van der Waals surface area contributed by atoms with Crippen LogP contribution in [0.4, 0.5) is 0 Å². The molecule has 0 radical (unpaired) electrons. The van der Waals surface area contributed by atoms with E-state index in [1.165, 1.54) is 6.33 Å². The Hall–Kier alpha value is -1.89. The Bertz CT molecular complexity index is 489. The number of aliphatic carboxylic acids is 1. The number of nitrogens with one attached hydrogen (secondary N) is 1. The number of hydrogen-bond donors (Lipinski definition) is 4. The zero-order valence-electron chi connectivity index (χ0n) is 10.6. The van der Waals surface area contributed by atoms with E-state index in [4.69, 9.17) is 11.5 Å². The van der Waals surface area contributed by atoms with E-state index in [0.717, 1.165) is 0 Å². The van der Waals surface area contributed by atoms with Gasteiger partial charge in [0.25, 0.3) is 5.91 Å². The predicted octanol–water partition coefficient (Wildman–Crippen LogP) is -0.0201. The fourth-order valence-electron chi connectivity index (χ4n) is 2.80. The van der Waals surface area contributed by atoms with Gasteiger partial charge in [0, 0.05) is 0 Å². The molecule has 6 N–H and O–H groups in total. The van der Waals surface area contributed by atoms with Gasteiger partial charge < -0.3 is 21.6 Å². The average Bonchev–Trinajstić information content (AvgIpc) is 2.88. The number of primary amides is 1. The number of carboxylic acid groups (broad SMARTS) is 1. The average molecular weight is 266 g/mol. The van der Waals surface area contributed by atoms with Crippen LogP contribution in [0.1, 0.15) is 41.9 Å². The number of amides is 1. The maximum Gasteiger partial charge on any atom is 0.315 e. The van der Waals surface area contributed by atoms with Gasteiger partial charge in [0.05, 0.1) is 12.0 Å². The molecule has 7 heteroatoms. The van der Waals surface area contributed by atoms with Crippen molar-refractivity contribution < 1.29 is 14.7 Å². The fraction of sp³-hybridized carbons (Fsp3) is 0.583. The molecule has 1 aromatic heterocycles. The molecular formula is C12H18N4O3. The van der Waals surface area contributed by atoms with Gasteiger partial charge in [-0.2, -0.15) is 0 Å². The maximum atomic E-state index is 11.7. The smallest absolute Gasteiger partial charge is 0.315 e. The maximum absolute atomic E-state index is 11.7. The summed E-state index contributed by atoms with van der Waals surface area (Å²) >= 11 is 0. The summed E-state index contributed by atoms with van der Waals surface area (Å²) in [5, 5.41) is 9.59. The lowest BCUT2D eigenvalue weighted by Crippen LogP contribution is -2.42. The summed E-state index contributed by atoms with van der Waals surface area (Å²) in [5.41, 5.74) is 10.1. The lowest BCUT2D eigenvalue weighted by Gasteiger charge is -2.35. The van der Waals surface area contributed by atoms with Crippen LogP contribution in [-0.4, -0.2) is 33.5 Å². The van der Waals surface area contributed by atoms with Crippen molar-refractivity contribution in [2.24, 2.45) is 17.4 Å². The minimum Gasteiger partial charge on any atom is -0.481 e. The summed E-state index contributed by atoms with van der Waals surface area (Å²) in [5.74, 6) is -1.31. The molecule has 104 valence electrons. The molecule has 0 saturated heterocycles. The number of rotatable bonds is 4. The van der Waals surface area contributed by atoms with Gasteiger partial charge in [-0.15, -0.1) is 0 Å². The Morgan fingerprint density at radius 1 is 1.47 bits per heavy atom. The number of imidazole rings is 1. The SMILES string of the molecule is NCC1CCC(C(=O)O)(c2nc[nH]c2C(N)=O)CC1. The first-order valence-electron chi connectivity index (χ1n) is 6.28. The van der Waals surface area contributed by atoms with Crippen molar-refractivity contribution in [3.63, 3.8) is 0 Å². The second kappa shape index (κ2) is 5.00. The van der Waals surface area contributed by atoms with Crippen molar-refractivity contribution in [3.8, 4) is 0 Å². The molecule has 0 atom stereocenters. The number of aromatic nitrogens is 2. The molecule has 1 fully saturated rings. The first-order valence-corrected chi connectivity index (χ1v) is 6.28. The van der Waals surface area contributed by atoms with Crippen LogP contribution in [0.5, 0.6) is 0 Å². The van der Waals surface area contributed by atoms with Gasteiger partial charge in [0.2, 0.25) is 0 Å². The highest BCUT2D eigenvalue weighted by molar-refractivity contribution is 5.94. The highest BCUT2D eigenvalue weighted by Crippen LogP contribution is 2.41. The number of carboxylic acids is 1. The summed E-state index contributed by atoms with van der Waals surface area (Å²) in [4.78, 5) is 29.7. The number of carbonyl (C=O) groups excluding carboxylic acids is 1. The third kappa shape index (κ3) is 2.21. The zero-order chi connectivity index (χ0) is 14.0. The molecule has 1 aromatic rings. The summed E-state index contributed by atoms with van der Waals surface area (Å²) in [6, 6.07) is 0. The van der Waals surface area contributed by atoms with Crippen LogP contribution in [0.25, 0.3) is 0 Å². The fourth-order valence-corrected chi connectivity index (χ4v) is 2.80. The Balaban J connectivity index is 2.38. The van der Waals surface area contributed by atoms with Gasteiger partial charge in [-0.1, -0.05) is 0 Å². The topological polar surface area (TPSA) is 135 Å². The summed E-state index contributed by atoms with van der Waals surface area (Å²) < 4.78 is 0. The van der Waals surface area contributed by atoms with Crippen LogP contribution >= 0.6 is 0 Å². The first-order chi connectivity index (χ1) is 9.01. The third-order valence-corrected chi connectivity index (χ3v) is 4.04. The van der Waals surface area contributed by atoms with Crippen molar-refractivity contribution in [3.05, 3.63) is 17.7 Å². The number of hydrogen-bond acceptors (Lipinski definition) is 4. The molecule has 0 aromatic carbocycles. The van der Waals surface area contributed by atoms with E-state index in [0.29, 0.717) is 38.1 Å². The van der Waals surface area contributed by atoms with Crippen molar-refractivity contribution in [2.45, 2.75) is 31.1 Å². The van der Waals surface area contributed by atoms with Crippen molar-refractivity contribution in [1.29, 1.82) is 0 Å². The largest absolute Gasteiger partial charge is 0.481 e. The van der Waals surface area contributed by atoms with Crippen LogP contribution in [0, 0.1) is 5.92 Å². The predicted molar refractivity (Wildman–Crippen MR) is 67.4 cm³/mol. The number of carbonyl (C=O) groups is 2. The van der Waals surface area contributed by atoms with E-state index >= 15 is 0 Å². The second-order valence-electron chi connectivity index (χ2n) is 5.06. The van der Waals surface area contributed by atoms with E-state index in [2.05, 4.69) is 9.97 Å². The summed E-state index contributed by atoms with van der Waals surface area (Å²) in [6.45, 7) is 0.555. The van der Waals surface area contributed by atoms with Crippen LogP contribution < -0.4 is 11.5 Å². The molecule has 1 saturated carbocycles. The van der Waals surface area contributed by atoms with Gasteiger partial charge in [-0.25, -0.2) is 4.98 Å². The van der Waals surface area contributed by atoms with Gasteiger partial charge >= 0.3 is 5.97 Å². The van der Waals surface area contributed by atoms with Crippen LogP contribution in [0.15, 0.2) is 6.33 Å². The lowest BCUT2D eigenvalue weighted by molar-refractivity contribution is -0.145. The number of H-pyrrole nitrogens is 1. The minimum atomic E-state index is -1.13. The number of nitrogens with zero attached hydrogens (tertiary/aromatic N) is 1. The van der Waals surface area contributed by atoms with Crippen molar-refractivity contribution >= 4 is 11.9 Å². The summed E-state index contributed by atoms with van der Waals surface area (Å²) in [7, 11) is 0. The van der Waals surface area contributed by atoms with Crippen molar-refractivity contribution in [2.75, 3.05) is 6.54 Å². The monoisotopic (exact) mass is 266 g/mol. The van der Waals surface area contributed by atoms with E-state index in [9.17, 15) is 14.7 Å². The molecule has 1 aliphatic carbocycles. The molecule has 7 nitrogen and oxygen atoms in total. The first kappa shape index (κ1) is 13.5. The highest BCUT2D eigenvalue weighted by atomic mass is 16.4. The quantitative estimate of drug-likeness (QED) is 0.607. The molecule has 1 heterocycles. The van der Waals surface area contributed by atoms with Gasteiger partial charge in [-0.05, 0) is 38.1 Å². The molecule has 2 rings (SSSR count). The van der Waals surface area contributed by atoms with Gasteiger partial charge in [0.15, 0.2) is 0 Å². The van der Waals surface area contributed by atoms with E-state index < -0.39 is 17.3 Å². The zero-order valence-corrected chi connectivity index (χ0v) is 10.6. The van der Waals surface area contributed by atoms with Crippen molar-refractivity contribution in [1.82, 2.24) is 9.97 Å². The molecule has 0 unspecified atom stereocenters.